The maximum atomic E-state index is 12.9. The number of carbonyl (C=O) groups is 8. The first-order valence-corrected chi connectivity index (χ1v) is 33.2. The van der Waals surface area contributed by atoms with Crippen LogP contribution in [0, 0.1) is 0 Å². The first-order valence-electron chi connectivity index (χ1n) is 33.2. The molecule has 0 aromatic heterocycles. The number of hydrogen-bond acceptors (Lipinski definition) is 19. The lowest BCUT2D eigenvalue weighted by molar-refractivity contribution is -0.147. The first kappa shape index (κ1) is 79.6. The number of hydrogen-bond donors (Lipinski definition) is 0. The normalized spacial score (nSPS) is 11.2. The van der Waals surface area contributed by atoms with E-state index in [0.29, 0.717) is 129 Å². The Morgan fingerprint density at radius 3 is 0.583 bits per heavy atom. The third-order valence-electron chi connectivity index (χ3n) is 14.3. The summed E-state index contributed by atoms with van der Waals surface area (Å²) < 4.78 is 43.4. The molecule has 0 spiro atoms. The second-order valence-electron chi connectivity index (χ2n) is 22.2. The largest absolute Gasteiger partial charge is 0.466 e. The van der Waals surface area contributed by atoms with Gasteiger partial charge in [0.15, 0.2) is 0 Å². The van der Waals surface area contributed by atoms with Crippen LogP contribution in [0.1, 0.15) is 259 Å². The number of likely N-dealkylation sites (N-methyl/N-ethyl adjacent to an activating group) is 1. The Labute approximate surface area is 508 Å². The van der Waals surface area contributed by atoms with Gasteiger partial charge in [-0.15, -0.1) is 0 Å². The summed E-state index contributed by atoms with van der Waals surface area (Å²) in [4.78, 5) is 106. The molecular formula is C65H119N3O16. The lowest BCUT2D eigenvalue weighted by Crippen LogP contribution is -2.40. The second kappa shape index (κ2) is 60.3. The van der Waals surface area contributed by atoms with Crippen molar-refractivity contribution in [3.05, 3.63) is 0 Å². The molecule has 0 heterocycles. The molecule has 0 aliphatic carbocycles. The molecule has 0 N–H and O–H groups in total. The van der Waals surface area contributed by atoms with Crippen LogP contribution in [0.3, 0.4) is 0 Å². The summed E-state index contributed by atoms with van der Waals surface area (Å²) in [5.74, 6) is -2.23. The third-order valence-corrected chi connectivity index (χ3v) is 14.3. The van der Waals surface area contributed by atoms with Crippen molar-refractivity contribution < 1.29 is 76.3 Å². The Balaban J connectivity index is 5.36. The lowest BCUT2D eigenvalue weighted by atomic mass is 10.1. The maximum Gasteiger partial charge on any atom is 0.307 e. The van der Waals surface area contributed by atoms with Gasteiger partial charge >= 0.3 is 47.8 Å². The van der Waals surface area contributed by atoms with E-state index in [0.717, 1.165) is 103 Å². The van der Waals surface area contributed by atoms with Crippen molar-refractivity contribution in [3.8, 4) is 0 Å². The lowest BCUT2D eigenvalue weighted by Gasteiger charge is -2.27. The highest BCUT2D eigenvalue weighted by molar-refractivity contribution is 5.72. The van der Waals surface area contributed by atoms with Crippen LogP contribution in [0.25, 0.3) is 0 Å². The van der Waals surface area contributed by atoms with Gasteiger partial charge in [-0.05, 0) is 84.1 Å². The van der Waals surface area contributed by atoms with Crippen molar-refractivity contribution in [1.29, 1.82) is 0 Å². The Bertz CT molecular complexity index is 1430. The van der Waals surface area contributed by atoms with Crippen LogP contribution in [0.15, 0.2) is 0 Å². The fourth-order valence-corrected chi connectivity index (χ4v) is 8.78. The molecule has 0 amide bonds. The summed E-state index contributed by atoms with van der Waals surface area (Å²) in [5.41, 5.74) is 0. The summed E-state index contributed by atoms with van der Waals surface area (Å²) in [6, 6.07) is 0. The molecule has 0 radical (unpaired) electrons. The molecule has 0 aromatic rings. The Morgan fingerprint density at radius 1 is 0.214 bits per heavy atom. The number of rotatable bonds is 62. The molecule has 0 saturated heterocycles. The van der Waals surface area contributed by atoms with Crippen LogP contribution in [0.4, 0.5) is 0 Å². The van der Waals surface area contributed by atoms with E-state index in [2.05, 4.69) is 32.6 Å². The maximum absolute atomic E-state index is 12.9. The van der Waals surface area contributed by atoms with Crippen molar-refractivity contribution in [2.24, 2.45) is 0 Å². The smallest absolute Gasteiger partial charge is 0.307 e. The zero-order chi connectivity index (χ0) is 61.8. The fraction of sp³-hybridized carbons (Fsp3) is 0.877. The van der Waals surface area contributed by atoms with Crippen LogP contribution in [0.5, 0.6) is 0 Å². The zero-order valence-electron chi connectivity index (χ0n) is 53.6. The number of esters is 8. The minimum absolute atomic E-state index is 0.114. The molecule has 0 aromatic carbocycles. The van der Waals surface area contributed by atoms with Gasteiger partial charge in [-0.2, -0.15) is 0 Å². The van der Waals surface area contributed by atoms with Gasteiger partial charge in [-0.3, -0.25) is 38.4 Å². The molecule has 0 saturated carbocycles. The molecule has 19 heteroatoms. The van der Waals surface area contributed by atoms with Gasteiger partial charge in [0.05, 0.1) is 78.5 Å². The van der Waals surface area contributed by atoms with Crippen molar-refractivity contribution >= 4 is 47.8 Å². The van der Waals surface area contributed by atoms with E-state index in [-0.39, 0.29) is 126 Å². The highest BCUT2D eigenvalue weighted by Gasteiger charge is 2.17. The van der Waals surface area contributed by atoms with Crippen LogP contribution in [-0.2, 0) is 76.3 Å². The minimum atomic E-state index is -0.362. The van der Waals surface area contributed by atoms with Gasteiger partial charge in [-0.25, -0.2) is 0 Å². The predicted molar refractivity (Wildman–Crippen MR) is 327 cm³/mol. The average molecular weight is 1200 g/mol. The third kappa shape index (κ3) is 56.8. The Hall–Kier alpha value is -4.36. The molecule has 0 atom stereocenters. The van der Waals surface area contributed by atoms with Crippen molar-refractivity contribution in [2.45, 2.75) is 259 Å². The van der Waals surface area contributed by atoms with E-state index in [1.165, 1.54) is 25.7 Å². The van der Waals surface area contributed by atoms with E-state index in [1.54, 1.807) is 0 Å². The molecule has 84 heavy (non-hydrogen) atoms. The summed E-state index contributed by atoms with van der Waals surface area (Å²) >= 11 is 0. The molecular weight excluding hydrogens is 1080 g/mol. The Kier molecular flexibility index (Phi) is 57.2. The van der Waals surface area contributed by atoms with Crippen LogP contribution in [-0.4, -0.2) is 175 Å². The summed E-state index contributed by atoms with van der Waals surface area (Å²) in [7, 11) is 1.97. The van der Waals surface area contributed by atoms with E-state index in [9.17, 15) is 38.4 Å². The highest BCUT2D eigenvalue weighted by Crippen LogP contribution is 2.11. The number of ether oxygens (including phenoxy) is 8. The summed E-state index contributed by atoms with van der Waals surface area (Å²) in [6.45, 7) is 14.2. The molecule has 0 aliphatic heterocycles. The van der Waals surface area contributed by atoms with Gasteiger partial charge in [0, 0.05) is 78.0 Å². The number of nitrogens with zero attached hydrogens (tertiary/aromatic N) is 3. The topological polar surface area (TPSA) is 220 Å². The van der Waals surface area contributed by atoms with Crippen LogP contribution >= 0.6 is 0 Å². The molecule has 490 valence electrons. The average Bonchev–Trinajstić information content (AvgIpc) is 3.48. The van der Waals surface area contributed by atoms with Crippen LogP contribution in [0.2, 0.25) is 0 Å². The van der Waals surface area contributed by atoms with E-state index in [4.69, 9.17) is 37.9 Å². The monoisotopic (exact) mass is 1200 g/mol. The zero-order valence-corrected chi connectivity index (χ0v) is 53.6. The van der Waals surface area contributed by atoms with Gasteiger partial charge in [0.25, 0.3) is 0 Å². The van der Waals surface area contributed by atoms with Gasteiger partial charge < -0.3 is 52.6 Å². The molecule has 19 nitrogen and oxygen atoms in total. The number of unbranched alkanes of at least 4 members (excludes halogenated alkanes) is 20. The predicted octanol–water partition coefficient (Wildman–Crippen LogP) is 12.0. The summed E-state index contributed by atoms with van der Waals surface area (Å²) in [5, 5.41) is 0. The van der Waals surface area contributed by atoms with Crippen LogP contribution < -0.4 is 0 Å². The van der Waals surface area contributed by atoms with Crippen molar-refractivity contribution in [1.82, 2.24) is 14.7 Å². The summed E-state index contributed by atoms with van der Waals surface area (Å²) in [6.07, 6.45) is 27.9. The minimum Gasteiger partial charge on any atom is -0.466 e. The quantitative estimate of drug-likeness (QED) is 0.0314. The molecule has 0 aliphatic rings. The SMILES string of the molecule is CCCCCCCC(=O)OCCCCOC(=O)CCN(CCC(=O)OCCCCOC(=O)CCCCCCC)CCN(C)CCN(CCC(=O)OCCCCOC(=O)CCCCCCC)CCC(=O)OCCCCOC(=O)CCCCCCC. The first-order chi connectivity index (χ1) is 40.8. The van der Waals surface area contributed by atoms with E-state index >= 15 is 0 Å². The van der Waals surface area contributed by atoms with Crippen molar-refractivity contribution in [3.63, 3.8) is 0 Å². The molecule has 0 bridgehead atoms. The van der Waals surface area contributed by atoms with Gasteiger partial charge in [0.1, 0.15) is 0 Å². The molecule has 0 rings (SSSR count). The van der Waals surface area contributed by atoms with Gasteiger partial charge in [-0.1, -0.05) is 130 Å². The molecule has 0 fully saturated rings. The fourth-order valence-electron chi connectivity index (χ4n) is 8.78. The van der Waals surface area contributed by atoms with E-state index in [1.807, 2.05) is 16.8 Å². The number of carbonyl (C=O) groups excluding carboxylic acids is 8. The molecule has 0 unspecified atom stereocenters. The standard InChI is InChI=1S/C65H119N3O16/c1-6-10-14-18-22-34-58(69)77-50-26-30-54-81-62(73)38-42-67(43-39-63(74)82-55-31-27-51-78-59(70)35-23-19-15-11-7-2)48-46-66(5)47-49-68(44-40-64(75)83-56-32-28-52-79-60(71)36-24-20-16-12-8-3)45-41-65(76)84-57-33-29-53-80-61(72)37-25-21-17-13-9-4/h6-57H2,1-5H3. The highest BCUT2D eigenvalue weighted by atomic mass is 16.6. The second-order valence-corrected chi connectivity index (χ2v) is 22.2. The van der Waals surface area contributed by atoms with Crippen molar-refractivity contribution in [2.75, 3.05) is 112 Å². The van der Waals surface area contributed by atoms with E-state index < -0.39 is 0 Å². The Morgan fingerprint density at radius 2 is 0.393 bits per heavy atom. The van der Waals surface area contributed by atoms with Gasteiger partial charge in [0.2, 0.25) is 0 Å².